The minimum atomic E-state index is 0.801. The minimum Gasteiger partial charge on any atom is -0.394 e. The number of rotatable bonds is 1. The lowest BCUT2D eigenvalue weighted by atomic mass is 10.1. The van der Waals surface area contributed by atoms with Crippen LogP contribution in [0.15, 0.2) is 40.4 Å². The Kier molecular flexibility index (Phi) is 2.43. The molecule has 1 N–H and O–H groups in total. The highest BCUT2D eigenvalue weighted by atomic mass is 16.5. The lowest BCUT2D eigenvalue weighted by Crippen LogP contribution is -1.78. The molecule has 1 rings (SSSR count). The zero-order valence-corrected chi connectivity index (χ0v) is 5.36. The summed E-state index contributed by atoms with van der Waals surface area (Å²) in [6.45, 7) is 0. The first-order chi connectivity index (χ1) is 4.93. The zero-order valence-electron chi connectivity index (χ0n) is 5.36. The largest absolute Gasteiger partial charge is 0.394 e. The van der Waals surface area contributed by atoms with Crippen LogP contribution in [0.1, 0.15) is 6.42 Å². The van der Waals surface area contributed by atoms with Gasteiger partial charge in [0.1, 0.15) is 0 Å². The van der Waals surface area contributed by atoms with E-state index < -0.39 is 0 Å². The van der Waals surface area contributed by atoms with Gasteiger partial charge in [-0.05, 0) is 18.1 Å². The molecule has 0 aromatic carbocycles. The maximum absolute atomic E-state index is 7.96. The van der Waals surface area contributed by atoms with E-state index in [-0.39, 0.29) is 0 Å². The van der Waals surface area contributed by atoms with Crippen LogP contribution in [0.4, 0.5) is 0 Å². The molecule has 0 amide bonds. The molecule has 1 radical (unpaired) electrons. The lowest BCUT2D eigenvalue weighted by Gasteiger charge is -1.96. The van der Waals surface area contributed by atoms with Crippen LogP contribution in [0.3, 0.4) is 0 Å². The third-order valence-corrected chi connectivity index (χ3v) is 1.12. The summed E-state index contributed by atoms with van der Waals surface area (Å²) in [6, 6.07) is 0. The van der Waals surface area contributed by atoms with E-state index >= 15 is 0 Å². The van der Waals surface area contributed by atoms with Crippen molar-refractivity contribution in [3.8, 4) is 0 Å². The van der Waals surface area contributed by atoms with Gasteiger partial charge >= 0.3 is 0 Å². The second-order valence-electron chi connectivity index (χ2n) is 1.82. The molecule has 0 atom stereocenters. The molecule has 0 aromatic rings. The molecule has 1 aliphatic rings. The smallest absolute Gasteiger partial charge is 0.0563 e. The monoisotopic (exact) mass is 135 g/mol. The van der Waals surface area contributed by atoms with E-state index in [0.717, 1.165) is 12.0 Å². The molecule has 3 heteroatoms. The van der Waals surface area contributed by atoms with Crippen molar-refractivity contribution in [2.45, 2.75) is 6.42 Å². The first kappa shape index (κ1) is 6.74. The normalized spacial score (nSPS) is 21.0. The molecule has 1 aliphatic carbocycles. The Bertz CT molecular complexity index is 214. The predicted octanol–water partition coefficient (Wildman–Crippen LogP) is 2.03. The Hall–Kier alpha value is -1.38. The summed E-state index contributed by atoms with van der Waals surface area (Å²) < 4.78 is 0. The predicted molar refractivity (Wildman–Crippen MR) is 36.3 cm³/mol. The molecule has 0 saturated carbocycles. The molecule has 0 bridgehead atoms. The van der Waals surface area contributed by atoms with E-state index in [1.807, 2.05) is 12.2 Å². The van der Waals surface area contributed by atoms with Crippen LogP contribution >= 0.6 is 0 Å². The zero-order chi connectivity index (χ0) is 7.23. The van der Waals surface area contributed by atoms with Crippen LogP contribution in [0, 0.1) is 6.08 Å². The van der Waals surface area contributed by atoms with E-state index in [4.69, 9.17) is 5.21 Å². The van der Waals surface area contributed by atoms with Crippen LogP contribution in [0.2, 0.25) is 0 Å². The van der Waals surface area contributed by atoms with Crippen molar-refractivity contribution in [3.05, 3.63) is 36.1 Å². The Balaban J connectivity index is 2.58. The van der Waals surface area contributed by atoms with E-state index in [0.29, 0.717) is 0 Å². The molecule has 3 nitrogen and oxygen atoms in total. The van der Waals surface area contributed by atoms with Crippen LogP contribution in [0.25, 0.3) is 0 Å². The minimum absolute atomic E-state index is 0.801. The molecule has 0 spiro atoms. The average Bonchev–Trinajstić information content (AvgIpc) is 2.03. The van der Waals surface area contributed by atoms with Crippen LogP contribution in [-0.2, 0) is 0 Å². The summed E-state index contributed by atoms with van der Waals surface area (Å²) in [7, 11) is 0. The topological polar surface area (TPSA) is 45.0 Å². The fourth-order valence-electron chi connectivity index (χ4n) is 0.664. The summed E-state index contributed by atoms with van der Waals surface area (Å²) >= 11 is 0. The van der Waals surface area contributed by atoms with Gasteiger partial charge in [-0.2, -0.15) is 0 Å². The van der Waals surface area contributed by atoms with Crippen molar-refractivity contribution in [3.63, 3.8) is 0 Å². The fraction of sp³-hybridized carbons (Fsp3) is 0.143. The van der Waals surface area contributed by atoms with Gasteiger partial charge in [-0.1, -0.05) is 18.2 Å². The van der Waals surface area contributed by atoms with Gasteiger partial charge in [0.2, 0.25) is 0 Å². The van der Waals surface area contributed by atoms with Gasteiger partial charge in [0.25, 0.3) is 0 Å². The Morgan fingerprint density at radius 3 is 3.20 bits per heavy atom. The molecule has 0 fully saturated rings. The molecule has 0 unspecified atom stereocenters. The Morgan fingerprint density at radius 1 is 1.70 bits per heavy atom. The Morgan fingerprint density at radius 2 is 2.60 bits per heavy atom. The summed E-state index contributed by atoms with van der Waals surface area (Å²) in [6.07, 6.45) is 10.8. The van der Waals surface area contributed by atoms with Crippen molar-refractivity contribution >= 4 is 0 Å². The van der Waals surface area contributed by atoms with Crippen molar-refractivity contribution in [2.24, 2.45) is 10.4 Å². The molecule has 0 aliphatic heterocycles. The summed E-state index contributed by atoms with van der Waals surface area (Å²) in [5.74, 6) is 0. The van der Waals surface area contributed by atoms with Gasteiger partial charge in [0.15, 0.2) is 0 Å². The second kappa shape index (κ2) is 3.61. The Labute approximate surface area is 59.0 Å². The van der Waals surface area contributed by atoms with Gasteiger partial charge < -0.3 is 5.21 Å². The lowest BCUT2D eigenvalue weighted by molar-refractivity contribution is 0.288. The number of nitrogens with zero attached hydrogens (tertiary/aromatic N) is 2. The first-order valence-corrected chi connectivity index (χ1v) is 2.91. The number of hydrogen-bond donors (Lipinski definition) is 1. The molecule has 10 heavy (non-hydrogen) atoms. The molecular formula is C7H7N2O. The highest BCUT2D eigenvalue weighted by Crippen LogP contribution is 2.08. The highest BCUT2D eigenvalue weighted by molar-refractivity contribution is 5.26. The van der Waals surface area contributed by atoms with Crippen molar-refractivity contribution in [1.29, 1.82) is 0 Å². The number of allylic oxidation sites excluding steroid dienone is 5. The molecule has 51 valence electrons. The molecular weight excluding hydrogens is 128 g/mol. The van der Waals surface area contributed by atoms with Crippen LogP contribution < -0.4 is 0 Å². The van der Waals surface area contributed by atoms with Crippen molar-refractivity contribution in [1.82, 2.24) is 0 Å². The molecule has 0 saturated heterocycles. The van der Waals surface area contributed by atoms with Gasteiger partial charge in [-0.25, -0.2) is 0 Å². The molecule has 0 aromatic heterocycles. The van der Waals surface area contributed by atoms with E-state index in [2.05, 4.69) is 16.5 Å². The second-order valence-corrected chi connectivity index (χ2v) is 1.82. The highest BCUT2D eigenvalue weighted by Gasteiger charge is 1.91. The standard InChI is InChI=1S/C7H7N2O/c10-9-8-6-7-4-2-1-3-5-7/h2-4,6H,5H2,(H,8,10). The quantitative estimate of drug-likeness (QED) is 0.434. The van der Waals surface area contributed by atoms with Gasteiger partial charge in [0, 0.05) is 5.28 Å². The fourth-order valence-corrected chi connectivity index (χ4v) is 0.664. The third-order valence-electron chi connectivity index (χ3n) is 1.12. The van der Waals surface area contributed by atoms with E-state index in [9.17, 15) is 0 Å². The summed E-state index contributed by atoms with van der Waals surface area (Å²) in [5.41, 5.74) is 1.01. The van der Waals surface area contributed by atoms with Gasteiger partial charge in [0.05, 0.1) is 6.20 Å². The maximum Gasteiger partial charge on any atom is 0.0563 e. The van der Waals surface area contributed by atoms with Crippen molar-refractivity contribution in [2.75, 3.05) is 0 Å². The molecule has 0 heterocycles. The van der Waals surface area contributed by atoms with Gasteiger partial charge in [-0.15, -0.1) is 5.11 Å². The first-order valence-electron chi connectivity index (χ1n) is 2.91. The van der Waals surface area contributed by atoms with Crippen LogP contribution in [0.5, 0.6) is 0 Å². The summed E-state index contributed by atoms with van der Waals surface area (Å²) in [4.78, 5) is 0. The maximum atomic E-state index is 7.96. The van der Waals surface area contributed by atoms with Crippen LogP contribution in [-0.4, -0.2) is 5.21 Å². The van der Waals surface area contributed by atoms with E-state index in [1.54, 1.807) is 6.08 Å². The van der Waals surface area contributed by atoms with Gasteiger partial charge in [-0.3, -0.25) is 0 Å². The summed E-state index contributed by atoms with van der Waals surface area (Å²) in [5, 5.41) is 13.9. The third kappa shape index (κ3) is 1.85. The average molecular weight is 135 g/mol. The van der Waals surface area contributed by atoms with E-state index in [1.165, 1.54) is 6.20 Å². The number of hydrogen-bond acceptors (Lipinski definition) is 2. The SMILES string of the molecule is ON=NC=C1C=C[C]=CC1. The van der Waals surface area contributed by atoms with Crippen molar-refractivity contribution < 1.29 is 5.21 Å².